The van der Waals surface area contributed by atoms with E-state index in [1.165, 1.54) is 12.1 Å². The van der Waals surface area contributed by atoms with Crippen LogP contribution in [-0.2, 0) is 11.3 Å². The number of benzene rings is 2. The van der Waals surface area contributed by atoms with E-state index < -0.39 is 41.3 Å². The molecule has 2 aromatic carbocycles. The van der Waals surface area contributed by atoms with Crippen LogP contribution in [0.25, 0.3) is 11.0 Å². The lowest BCUT2D eigenvalue weighted by Gasteiger charge is -2.08. The number of imidazole rings is 1. The van der Waals surface area contributed by atoms with Crippen molar-refractivity contribution in [1.82, 2.24) is 9.55 Å². The summed E-state index contributed by atoms with van der Waals surface area (Å²) in [6, 6.07) is 6.75. The Morgan fingerprint density at radius 1 is 1.13 bits per heavy atom. The van der Waals surface area contributed by atoms with E-state index in [-0.39, 0.29) is 5.52 Å². The number of hydrogen-bond donors (Lipinski definition) is 2. The van der Waals surface area contributed by atoms with Crippen LogP contribution in [0.3, 0.4) is 0 Å². The largest absolute Gasteiger partial charge is 0.326 e. The fraction of sp³-hybridized carbons (Fsp3) is 0.0667. The molecule has 0 fully saturated rings. The number of rotatable bonds is 3. The van der Waals surface area contributed by atoms with Crippen molar-refractivity contribution in [3.63, 3.8) is 0 Å². The van der Waals surface area contributed by atoms with Crippen LogP contribution >= 0.6 is 0 Å². The van der Waals surface area contributed by atoms with Crippen molar-refractivity contribution in [2.75, 3.05) is 5.32 Å². The molecule has 23 heavy (non-hydrogen) atoms. The van der Waals surface area contributed by atoms with Crippen molar-refractivity contribution >= 4 is 22.6 Å². The summed E-state index contributed by atoms with van der Waals surface area (Å²) in [5, 5.41) is 2.08. The van der Waals surface area contributed by atoms with Crippen LogP contribution in [0, 0.1) is 17.5 Å². The molecular formula is C15H10F3N3O2. The third-order valence-corrected chi connectivity index (χ3v) is 3.27. The van der Waals surface area contributed by atoms with Crippen LogP contribution in [0.4, 0.5) is 18.9 Å². The number of hydrogen-bond acceptors (Lipinski definition) is 2. The number of anilines is 1. The molecule has 0 aliphatic carbocycles. The lowest BCUT2D eigenvalue weighted by molar-refractivity contribution is -0.116. The van der Waals surface area contributed by atoms with Gasteiger partial charge in [-0.2, -0.15) is 0 Å². The van der Waals surface area contributed by atoms with Gasteiger partial charge in [0, 0.05) is 0 Å². The number of nitrogens with one attached hydrogen (secondary N) is 2. The highest BCUT2D eigenvalue weighted by molar-refractivity contribution is 5.91. The molecular weight excluding hydrogens is 311 g/mol. The first-order valence-corrected chi connectivity index (χ1v) is 6.57. The van der Waals surface area contributed by atoms with E-state index >= 15 is 0 Å². The molecule has 0 unspecified atom stereocenters. The normalized spacial score (nSPS) is 10.9. The van der Waals surface area contributed by atoms with Crippen LogP contribution in [0.5, 0.6) is 0 Å². The minimum Gasteiger partial charge on any atom is -0.320 e. The minimum atomic E-state index is -0.924. The second-order valence-electron chi connectivity index (χ2n) is 4.82. The molecule has 0 saturated heterocycles. The Balaban J connectivity index is 1.89. The van der Waals surface area contributed by atoms with E-state index in [1.807, 2.05) is 0 Å². The van der Waals surface area contributed by atoms with E-state index in [1.54, 1.807) is 0 Å². The Kier molecular flexibility index (Phi) is 3.65. The molecule has 0 aliphatic rings. The zero-order chi connectivity index (χ0) is 16.6. The minimum absolute atomic E-state index is 0.222. The van der Waals surface area contributed by atoms with Crippen molar-refractivity contribution in [3.05, 3.63) is 64.3 Å². The summed E-state index contributed by atoms with van der Waals surface area (Å²) in [6.07, 6.45) is 0. The standard InChI is InChI=1S/C15H10F3N3O2/c16-8-4-5-12-11(6-8)19-15(23)21(12)7-13(22)20-14-9(17)2-1-3-10(14)18/h1-6H,7H2,(H,19,23)(H,20,22). The first-order chi connectivity index (χ1) is 11.0. The van der Waals surface area contributed by atoms with Gasteiger partial charge in [-0.1, -0.05) is 6.07 Å². The van der Waals surface area contributed by atoms with Crippen molar-refractivity contribution in [2.24, 2.45) is 0 Å². The summed E-state index contributed by atoms with van der Waals surface area (Å²) < 4.78 is 41.2. The first-order valence-electron chi connectivity index (χ1n) is 6.57. The molecule has 8 heteroatoms. The summed E-state index contributed by atoms with van der Waals surface area (Å²) in [5.41, 5.74) is -0.688. The number of halogens is 3. The highest BCUT2D eigenvalue weighted by atomic mass is 19.1. The molecule has 1 aromatic heterocycles. The quantitative estimate of drug-likeness (QED) is 0.778. The Bertz CT molecular complexity index is 942. The van der Waals surface area contributed by atoms with Crippen LogP contribution in [0.2, 0.25) is 0 Å². The van der Waals surface area contributed by atoms with Crippen molar-refractivity contribution < 1.29 is 18.0 Å². The van der Waals surface area contributed by atoms with Gasteiger partial charge in [-0.15, -0.1) is 0 Å². The molecule has 0 atom stereocenters. The zero-order valence-corrected chi connectivity index (χ0v) is 11.6. The van der Waals surface area contributed by atoms with Crippen molar-refractivity contribution in [2.45, 2.75) is 6.54 Å². The maximum absolute atomic E-state index is 13.5. The molecule has 5 nitrogen and oxygen atoms in total. The summed E-state index contributed by atoms with van der Waals surface area (Å²) >= 11 is 0. The average molecular weight is 321 g/mol. The highest BCUT2D eigenvalue weighted by Crippen LogP contribution is 2.18. The second kappa shape index (κ2) is 5.64. The number of nitrogens with zero attached hydrogens (tertiary/aromatic N) is 1. The van der Waals surface area contributed by atoms with Gasteiger partial charge >= 0.3 is 5.69 Å². The summed E-state index contributed by atoms with van der Waals surface area (Å²) in [4.78, 5) is 26.2. The van der Waals surface area contributed by atoms with Gasteiger partial charge in [0.15, 0.2) is 0 Å². The van der Waals surface area contributed by atoms with Gasteiger partial charge in [-0.25, -0.2) is 18.0 Å². The number of para-hydroxylation sites is 1. The highest BCUT2D eigenvalue weighted by Gasteiger charge is 2.15. The third kappa shape index (κ3) is 2.83. The summed E-state index contributed by atoms with van der Waals surface area (Å²) in [7, 11) is 0. The van der Waals surface area contributed by atoms with Crippen LogP contribution < -0.4 is 11.0 Å². The van der Waals surface area contributed by atoms with Gasteiger partial charge in [0.25, 0.3) is 0 Å². The number of carbonyl (C=O) groups excluding carboxylic acids is 1. The number of aromatic amines is 1. The molecule has 1 heterocycles. The molecule has 0 saturated carbocycles. The fourth-order valence-electron chi connectivity index (χ4n) is 2.23. The fourth-order valence-corrected chi connectivity index (χ4v) is 2.23. The molecule has 0 aliphatic heterocycles. The lowest BCUT2D eigenvalue weighted by Crippen LogP contribution is -2.26. The summed E-state index contributed by atoms with van der Waals surface area (Å²) in [6.45, 7) is -0.474. The van der Waals surface area contributed by atoms with E-state index in [4.69, 9.17) is 0 Å². The number of fused-ring (bicyclic) bond motifs is 1. The maximum Gasteiger partial charge on any atom is 0.326 e. The predicted octanol–water partition coefficient (Wildman–Crippen LogP) is 2.39. The van der Waals surface area contributed by atoms with Gasteiger partial charge in [-0.3, -0.25) is 9.36 Å². The topological polar surface area (TPSA) is 66.9 Å². The molecule has 2 N–H and O–H groups in total. The lowest BCUT2D eigenvalue weighted by atomic mass is 10.3. The van der Waals surface area contributed by atoms with Gasteiger partial charge < -0.3 is 10.3 Å². The molecule has 0 bridgehead atoms. The van der Waals surface area contributed by atoms with Gasteiger partial charge in [0.05, 0.1) is 11.0 Å². The van der Waals surface area contributed by atoms with Gasteiger partial charge in [0.1, 0.15) is 29.7 Å². The third-order valence-electron chi connectivity index (χ3n) is 3.27. The number of aromatic nitrogens is 2. The first kappa shape index (κ1) is 14.9. The van der Waals surface area contributed by atoms with E-state index in [0.29, 0.717) is 5.52 Å². The second-order valence-corrected chi connectivity index (χ2v) is 4.82. The smallest absolute Gasteiger partial charge is 0.320 e. The Morgan fingerprint density at radius 2 is 1.83 bits per heavy atom. The average Bonchev–Trinajstić information content (AvgIpc) is 2.78. The Hall–Kier alpha value is -3.03. The molecule has 0 spiro atoms. The Labute approximate surface area is 127 Å². The zero-order valence-electron chi connectivity index (χ0n) is 11.6. The van der Waals surface area contributed by atoms with Crippen molar-refractivity contribution in [3.8, 4) is 0 Å². The van der Waals surface area contributed by atoms with Gasteiger partial charge in [-0.05, 0) is 30.3 Å². The number of carbonyl (C=O) groups is 1. The van der Waals surface area contributed by atoms with Crippen LogP contribution in [0.15, 0.2) is 41.2 Å². The molecule has 118 valence electrons. The number of H-pyrrole nitrogens is 1. The van der Waals surface area contributed by atoms with E-state index in [9.17, 15) is 22.8 Å². The molecule has 3 aromatic rings. The van der Waals surface area contributed by atoms with Gasteiger partial charge in [0.2, 0.25) is 5.91 Å². The molecule has 3 rings (SSSR count). The molecule has 0 radical (unpaired) electrons. The van der Waals surface area contributed by atoms with E-state index in [2.05, 4.69) is 10.3 Å². The van der Waals surface area contributed by atoms with Crippen molar-refractivity contribution in [1.29, 1.82) is 0 Å². The monoisotopic (exact) mass is 321 g/mol. The molecule has 1 amide bonds. The van der Waals surface area contributed by atoms with Crippen LogP contribution in [-0.4, -0.2) is 15.5 Å². The summed E-state index contributed by atoms with van der Waals surface area (Å²) in [5.74, 6) is -3.18. The van der Waals surface area contributed by atoms with E-state index in [0.717, 1.165) is 28.8 Å². The predicted molar refractivity (Wildman–Crippen MR) is 77.5 cm³/mol. The number of amides is 1. The SMILES string of the molecule is O=C(Cn1c(=O)[nH]c2cc(F)ccc21)Nc1c(F)cccc1F. The Morgan fingerprint density at radius 3 is 2.52 bits per heavy atom. The maximum atomic E-state index is 13.5. The van der Waals surface area contributed by atoms with Crippen LogP contribution in [0.1, 0.15) is 0 Å².